The number of hydrogen-bond donors (Lipinski definition) is 1. The molecule has 0 aromatic heterocycles. The van der Waals surface area contributed by atoms with Crippen LogP contribution in [0.25, 0.3) is 6.08 Å². The minimum absolute atomic E-state index is 0.278. The van der Waals surface area contributed by atoms with E-state index in [4.69, 9.17) is 10.5 Å². The summed E-state index contributed by atoms with van der Waals surface area (Å²) < 4.78 is 4.89. The van der Waals surface area contributed by atoms with Crippen LogP contribution >= 0.6 is 0 Å². The minimum atomic E-state index is -0.278. The number of rotatable bonds is 5. The maximum atomic E-state index is 11.4. The average Bonchev–Trinajstić information content (AvgIpc) is 2.30. The van der Waals surface area contributed by atoms with Crippen LogP contribution in [0.4, 0.5) is 0 Å². The maximum absolute atomic E-state index is 11.4. The van der Waals surface area contributed by atoms with Crippen LogP contribution in [-0.2, 0) is 4.74 Å². The van der Waals surface area contributed by atoms with Crippen LogP contribution in [0, 0.1) is 0 Å². The van der Waals surface area contributed by atoms with Crippen molar-refractivity contribution in [1.29, 1.82) is 0 Å². The van der Waals surface area contributed by atoms with E-state index >= 15 is 0 Å². The summed E-state index contributed by atoms with van der Waals surface area (Å²) >= 11 is 0. The van der Waals surface area contributed by atoms with Gasteiger partial charge in [-0.1, -0.05) is 24.3 Å². The van der Waals surface area contributed by atoms with Crippen molar-refractivity contribution in [2.45, 2.75) is 13.3 Å². The predicted molar refractivity (Wildman–Crippen MR) is 65.1 cm³/mol. The van der Waals surface area contributed by atoms with Gasteiger partial charge in [0.2, 0.25) is 0 Å². The first-order chi connectivity index (χ1) is 7.77. The van der Waals surface area contributed by atoms with E-state index < -0.39 is 0 Å². The Morgan fingerprint density at radius 3 is 2.62 bits per heavy atom. The van der Waals surface area contributed by atoms with E-state index in [-0.39, 0.29) is 5.97 Å². The molecule has 0 fully saturated rings. The molecule has 1 aromatic rings. The summed E-state index contributed by atoms with van der Waals surface area (Å²) in [5, 5.41) is 0. The molecule has 0 unspecified atom stereocenters. The molecule has 1 rings (SSSR count). The van der Waals surface area contributed by atoms with Gasteiger partial charge in [0.25, 0.3) is 0 Å². The van der Waals surface area contributed by atoms with Gasteiger partial charge in [0.15, 0.2) is 0 Å². The predicted octanol–water partition coefficient (Wildman–Crippen LogP) is 2.23. The zero-order chi connectivity index (χ0) is 11.8. The van der Waals surface area contributed by atoms with E-state index in [1.54, 1.807) is 19.1 Å². The highest BCUT2D eigenvalue weighted by Crippen LogP contribution is 2.07. The van der Waals surface area contributed by atoms with Crippen LogP contribution in [0.2, 0.25) is 0 Å². The lowest BCUT2D eigenvalue weighted by Gasteiger charge is -2.01. The first-order valence-corrected chi connectivity index (χ1v) is 5.41. The Balaban J connectivity index is 2.64. The summed E-state index contributed by atoms with van der Waals surface area (Å²) in [5.41, 5.74) is 7.02. The van der Waals surface area contributed by atoms with E-state index in [1.807, 2.05) is 24.3 Å². The third-order valence-corrected chi connectivity index (χ3v) is 2.07. The highest BCUT2D eigenvalue weighted by atomic mass is 16.5. The molecule has 3 heteroatoms. The van der Waals surface area contributed by atoms with Gasteiger partial charge in [-0.25, -0.2) is 4.79 Å². The fourth-order valence-corrected chi connectivity index (χ4v) is 1.26. The maximum Gasteiger partial charge on any atom is 0.338 e. The van der Waals surface area contributed by atoms with Gasteiger partial charge in [0, 0.05) is 0 Å². The lowest BCUT2D eigenvalue weighted by atomic mass is 10.1. The summed E-state index contributed by atoms with van der Waals surface area (Å²) in [6.45, 7) is 2.84. The van der Waals surface area contributed by atoms with Gasteiger partial charge in [-0.3, -0.25) is 0 Å². The van der Waals surface area contributed by atoms with E-state index in [9.17, 15) is 4.79 Å². The van der Waals surface area contributed by atoms with Gasteiger partial charge < -0.3 is 10.5 Å². The fraction of sp³-hybridized carbons (Fsp3) is 0.308. The van der Waals surface area contributed by atoms with Crippen molar-refractivity contribution >= 4 is 12.0 Å². The van der Waals surface area contributed by atoms with Crippen LogP contribution in [-0.4, -0.2) is 19.1 Å². The van der Waals surface area contributed by atoms with Crippen LogP contribution in [0.15, 0.2) is 30.3 Å². The molecule has 0 aliphatic carbocycles. The Morgan fingerprint density at radius 2 is 2.06 bits per heavy atom. The molecular weight excluding hydrogens is 202 g/mol. The first kappa shape index (κ1) is 12.5. The van der Waals surface area contributed by atoms with Crippen molar-refractivity contribution in [3.63, 3.8) is 0 Å². The van der Waals surface area contributed by atoms with Gasteiger partial charge >= 0.3 is 5.97 Å². The van der Waals surface area contributed by atoms with E-state index in [0.717, 1.165) is 12.0 Å². The van der Waals surface area contributed by atoms with Crippen molar-refractivity contribution < 1.29 is 9.53 Å². The highest BCUT2D eigenvalue weighted by Gasteiger charge is 2.04. The topological polar surface area (TPSA) is 52.3 Å². The summed E-state index contributed by atoms with van der Waals surface area (Å²) in [6, 6.07) is 7.30. The molecule has 3 nitrogen and oxygen atoms in total. The molecule has 0 saturated carbocycles. The number of benzene rings is 1. The SMILES string of the molecule is CCOC(=O)c1ccc(C=CCCN)cc1. The van der Waals surface area contributed by atoms with Gasteiger partial charge in [0.1, 0.15) is 0 Å². The Kier molecular flexibility index (Phi) is 5.29. The van der Waals surface area contributed by atoms with Crippen molar-refractivity contribution in [2.75, 3.05) is 13.2 Å². The molecule has 0 atom stereocenters. The average molecular weight is 219 g/mol. The summed E-state index contributed by atoms with van der Waals surface area (Å²) in [4.78, 5) is 11.4. The van der Waals surface area contributed by atoms with E-state index in [0.29, 0.717) is 18.7 Å². The summed E-state index contributed by atoms with van der Waals surface area (Å²) in [7, 11) is 0. The molecule has 0 aliphatic rings. The fourth-order valence-electron chi connectivity index (χ4n) is 1.26. The van der Waals surface area contributed by atoms with Gasteiger partial charge in [0.05, 0.1) is 12.2 Å². The van der Waals surface area contributed by atoms with Crippen molar-refractivity contribution in [3.8, 4) is 0 Å². The minimum Gasteiger partial charge on any atom is -0.462 e. The van der Waals surface area contributed by atoms with Gasteiger partial charge in [-0.05, 0) is 37.6 Å². The molecule has 86 valence electrons. The number of nitrogens with two attached hydrogens (primary N) is 1. The second kappa shape index (κ2) is 6.80. The molecule has 0 heterocycles. The van der Waals surface area contributed by atoms with Crippen LogP contribution < -0.4 is 5.73 Å². The van der Waals surface area contributed by atoms with Gasteiger partial charge in [-0.15, -0.1) is 0 Å². The zero-order valence-electron chi connectivity index (χ0n) is 9.48. The van der Waals surface area contributed by atoms with Gasteiger partial charge in [-0.2, -0.15) is 0 Å². The lowest BCUT2D eigenvalue weighted by molar-refractivity contribution is 0.0526. The Labute approximate surface area is 95.9 Å². The van der Waals surface area contributed by atoms with Crippen LogP contribution in [0.3, 0.4) is 0 Å². The lowest BCUT2D eigenvalue weighted by Crippen LogP contribution is -2.03. The Hall–Kier alpha value is -1.61. The Bertz CT molecular complexity index is 355. The molecule has 0 amide bonds. The van der Waals surface area contributed by atoms with Crippen LogP contribution in [0.5, 0.6) is 0 Å². The van der Waals surface area contributed by atoms with E-state index in [1.165, 1.54) is 0 Å². The Morgan fingerprint density at radius 1 is 1.38 bits per heavy atom. The highest BCUT2D eigenvalue weighted by molar-refractivity contribution is 5.89. The molecular formula is C13H17NO2. The molecule has 1 aromatic carbocycles. The number of carbonyl (C=O) groups is 1. The second-order valence-electron chi connectivity index (χ2n) is 3.32. The number of esters is 1. The third-order valence-electron chi connectivity index (χ3n) is 2.07. The molecule has 0 spiro atoms. The van der Waals surface area contributed by atoms with Crippen molar-refractivity contribution in [3.05, 3.63) is 41.5 Å². The summed E-state index contributed by atoms with van der Waals surface area (Å²) in [5.74, 6) is -0.278. The number of carbonyl (C=O) groups excluding carboxylic acids is 1. The molecule has 0 aliphatic heterocycles. The van der Waals surface area contributed by atoms with Crippen molar-refractivity contribution in [1.82, 2.24) is 0 Å². The number of hydrogen-bond acceptors (Lipinski definition) is 3. The quantitative estimate of drug-likeness (QED) is 0.772. The third kappa shape index (κ3) is 3.87. The molecule has 0 radical (unpaired) electrons. The standard InChI is InChI=1S/C13H17NO2/c1-2-16-13(15)12-8-6-11(7-9-12)5-3-4-10-14/h3,5-9H,2,4,10,14H2,1H3. The zero-order valence-corrected chi connectivity index (χ0v) is 9.48. The number of ether oxygens (including phenoxy) is 1. The van der Waals surface area contributed by atoms with Crippen molar-refractivity contribution in [2.24, 2.45) is 5.73 Å². The normalized spacial score (nSPS) is 10.6. The first-order valence-electron chi connectivity index (χ1n) is 5.41. The monoisotopic (exact) mass is 219 g/mol. The summed E-state index contributed by atoms with van der Waals surface area (Å²) in [6.07, 6.45) is 4.86. The van der Waals surface area contributed by atoms with Crippen LogP contribution in [0.1, 0.15) is 29.3 Å². The van der Waals surface area contributed by atoms with E-state index in [2.05, 4.69) is 0 Å². The second-order valence-corrected chi connectivity index (χ2v) is 3.32. The molecule has 0 saturated heterocycles. The molecule has 16 heavy (non-hydrogen) atoms. The molecule has 0 bridgehead atoms. The largest absolute Gasteiger partial charge is 0.462 e. The molecule has 2 N–H and O–H groups in total. The smallest absolute Gasteiger partial charge is 0.338 e.